The van der Waals surface area contributed by atoms with Crippen LogP contribution in [0.2, 0.25) is 0 Å². The monoisotopic (exact) mass is 1350 g/mol. The Morgan fingerprint density at radius 3 is 0.739 bits per heavy atom. The van der Waals surface area contributed by atoms with Gasteiger partial charge in [-0.05, 0) is 43.4 Å². The first-order chi connectivity index (χ1) is 44.2. The second-order valence-corrected chi connectivity index (χ2v) is 30.7. The molecule has 0 aliphatic carbocycles. The number of unbranched alkanes of at least 4 members (excludes halogenated alkanes) is 39. The molecule has 0 saturated carbocycles. The van der Waals surface area contributed by atoms with Gasteiger partial charge < -0.3 is 33.8 Å². The van der Waals surface area contributed by atoms with E-state index in [1.807, 2.05) is 0 Å². The predicted molar refractivity (Wildman–Crippen MR) is 372 cm³/mol. The zero-order valence-electron chi connectivity index (χ0n) is 60.0. The number of hydrogen-bond donors (Lipinski definition) is 3. The van der Waals surface area contributed by atoms with Crippen LogP contribution >= 0.6 is 15.6 Å². The summed E-state index contributed by atoms with van der Waals surface area (Å²) in [5.41, 5.74) is 0. The first-order valence-electron chi connectivity index (χ1n) is 37.8. The van der Waals surface area contributed by atoms with Crippen molar-refractivity contribution in [2.24, 2.45) is 17.8 Å². The van der Waals surface area contributed by atoms with E-state index in [4.69, 9.17) is 37.0 Å². The highest BCUT2D eigenvalue weighted by molar-refractivity contribution is 7.47. The molecule has 0 aliphatic heterocycles. The molecule has 0 radical (unpaired) electrons. The molecule has 0 spiro atoms. The molecule has 5 atom stereocenters. The van der Waals surface area contributed by atoms with Crippen molar-refractivity contribution >= 4 is 39.5 Å². The largest absolute Gasteiger partial charge is 0.472 e. The zero-order chi connectivity index (χ0) is 68.0. The average Bonchev–Trinajstić information content (AvgIpc) is 3.65. The van der Waals surface area contributed by atoms with E-state index in [2.05, 4.69) is 48.5 Å². The SMILES string of the molecule is CCCCCCCC(=O)OC[C@H](COP(=O)(O)OC[C@H](O)COP(=O)(O)OC[C@@H](COC(=O)CCCCCCCCCCCCCCCC(C)C)OC(=O)CCCCCCCCCCCCCCCCCCCCC(C)C)OC(=O)CCCCCCCCCC(C)C. The number of aliphatic hydroxyl groups is 1. The molecule has 0 bridgehead atoms. The van der Waals surface area contributed by atoms with Gasteiger partial charge in [-0.1, -0.05) is 318 Å². The Balaban J connectivity index is 5.12. The van der Waals surface area contributed by atoms with E-state index in [9.17, 15) is 43.2 Å². The van der Waals surface area contributed by atoms with Crippen LogP contribution in [-0.2, 0) is 65.4 Å². The maximum atomic E-state index is 13.1. The summed E-state index contributed by atoms with van der Waals surface area (Å²) in [6.07, 6.45) is 49.2. The minimum absolute atomic E-state index is 0.102. The van der Waals surface area contributed by atoms with Crippen molar-refractivity contribution in [2.45, 2.75) is 388 Å². The van der Waals surface area contributed by atoms with Gasteiger partial charge in [-0.15, -0.1) is 0 Å². The molecule has 3 N–H and O–H groups in total. The Labute approximate surface area is 562 Å². The van der Waals surface area contributed by atoms with Crippen LogP contribution in [-0.4, -0.2) is 96.7 Å². The van der Waals surface area contributed by atoms with Crippen molar-refractivity contribution in [1.82, 2.24) is 0 Å². The van der Waals surface area contributed by atoms with Crippen LogP contribution < -0.4 is 0 Å². The van der Waals surface area contributed by atoms with Gasteiger partial charge in [0, 0.05) is 25.7 Å². The van der Waals surface area contributed by atoms with E-state index in [0.29, 0.717) is 31.6 Å². The van der Waals surface area contributed by atoms with E-state index in [0.717, 1.165) is 108 Å². The van der Waals surface area contributed by atoms with Gasteiger partial charge in [-0.2, -0.15) is 0 Å². The Kier molecular flexibility index (Phi) is 62.4. The van der Waals surface area contributed by atoms with Gasteiger partial charge >= 0.3 is 39.5 Å². The topological polar surface area (TPSA) is 237 Å². The molecule has 0 aliphatic rings. The van der Waals surface area contributed by atoms with Crippen LogP contribution in [0, 0.1) is 17.8 Å². The third-order valence-electron chi connectivity index (χ3n) is 16.9. The molecule has 0 aromatic heterocycles. The van der Waals surface area contributed by atoms with Crippen LogP contribution in [0.5, 0.6) is 0 Å². The van der Waals surface area contributed by atoms with Crippen molar-refractivity contribution in [3.05, 3.63) is 0 Å². The second kappa shape index (κ2) is 63.8. The van der Waals surface area contributed by atoms with Crippen LogP contribution in [0.1, 0.15) is 370 Å². The van der Waals surface area contributed by atoms with Gasteiger partial charge in [0.15, 0.2) is 12.2 Å². The fraction of sp³-hybridized carbons (Fsp3) is 0.945. The van der Waals surface area contributed by atoms with Gasteiger partial charge in [0.1, 0.15) is 19.3 Å². The molecule has 546 valence electrons. The number of esters is 4. The first-order valence-corrected chi connectivity index (χ1v) is 40.8. The lowest BCUT2D eigenvalue weighted by molar-refractivity contribution is -0.161. The predicted octanol–water partition coefficient (Wildman–Crippen LogP) is 21.0. The third-order valence-corrected chi connectivity index (χ3v) is 18.8. The highest BCUT2D eigenvalue weighted by atomic mass is 31.2. The summed E-state index contributed by atoms with van der Waals surface area (Å²) in [4.78, 5) is 72.3. The number of phosphoric acid groups is 2. The number of carbonyl (C=O) groups is 4. The lowest BCUT2D eigenvalue weighted by Crippen LogP contribution is -2.30. The highest BCUT2D eigenvalue weighted by Gasteiger charge is 2.30. The van der Waals surface area contributed by atoms with Crippen LogP contribution in [0.15, 0.2) is 0 Å². The van der Waals surface area contributed by atoms with Crippen LogP contribution in [0.25, 0.3) is 0 Å². The molecule has 0 aromatic carbocycles. The molecule has 0 fully saturated rings. The Morgan fingerprint density at radius 2 is 0.500 bits per heavy atom. The molecule has 17 nitrogen and oxygen atoms in total. The maximum Gasteiger partial charge on any atom is 0.472 e. The van der Waals surface area contributed by atoms with E-state index in [-0.39, 0.29) is 25.7 Å². The third kappa shape index (κ3) is 66.7. The van der Waals surface area contributed by atoms with Crippen molar-refractivity contribution in [2.75, 3.05) is 39.6 Å². The summed E-state index contributed by atoms with van der Waals surface area (Å²) in [7, 11) is -9.89. The summed E-state index contributed by atoms with van der Waals surface area (Å²) in [5, 5.41) is 10.6. The quantitative estimate of drug-likeness (QED) is 0.0222. The van der Waals surface area contributed by atoms with Crippen LogP contribution in [0.3, 0.4) is 0 Å². The van der Waals surface area contributed by atoms with Gasteiger partial charge in [0.25, 0.3) is 0 Å². The molecule has 0 rings (SSSR count). The van der Waals surface area contributed by atoms with E-state index >= 15 is 0 Å². The van der Waals surface area contributed by atoms with Crippen molar-refractivity contribution in [1.29, 1.82) is 0 Å². The number of rotatable bonds is 71. The molecule has 92 heavy (non-hydrogen) atoms. The second-order valence-electron chi connectivity index (χ2n) is 27.8. The number of hydrogen-bond acceptors (Lipinski definition) is 15. The Hall–Kier alpha value is -1.94. The van der Waals surface area contributed by atoms with Gasteiger partial charge in [0.2, 0.25) is 0 Å². The van der Waals surface area contributed by atoms with Gasteiger partial charge in [-0.25, -0.2) is 9.13 Å². The minimum Gasteiger partial charge on any atom is -0.462 e. The molecule has 0 heterocycles. The van der Waals surface area contributed by atoms with Crippen molar-refractivity contribution in [3.63, 3.8) is 0 Å². The Bertz CT molecular complexity index is 1800. The number of ether oxygens (including phenoxy) is 4. The fourth-order valence-corrected chi connectivity index (χ4v) is 12.7. The van der Waals surface area contributed by atoms with Gasteiger partial charge in [0.05, 0.1) is 26.4 Å². The summed E-state index contributed by atoms with van der Waals surface area (Å²) < 4.78 is 68.1. The molecular weight excluding hydrogens is 1210 g/mol. The summed E-state index contributed by atoms with van der Waals surface area (Å²) >= 11 is 0. The highest BCUT2D eigenvalue weighted by Crippen LogP contribution is 2.45. The van der Waals surface area contributed by atoms with E-state index in [1.165, 1.54) is 173 Å². The van der Waals surface area contributed by atoms with Crippen molar-refractivity contribution < 1.29 is 80.2 Å². The fourth-order valence-electron chi connectivity index (χ4n) is 11.1. The van der Waals surface area contributed by atoms with E-state index in [1.54, 1.807) is 0 Å². The molecule has 0 amide bonds. The summed E-state index contributed by atoms with van der Waals surface area (Å²) in [5.74, 6) is 0.172. The smallest absolute Gasteiger partial charge is 0.462 e. The number of aliphatic hydroxyl groups excluding tert-OH is 1. The van der Waals surface area contributed by atoms with Crippen molar-refractivity contribution in [3.8, 4) is 0 Å². The normalized spacial score (nSPS) is 14.1. The zero-order valence-corrected chi connectivity index (χ0v) is 61.8. The summed E-state index contributed by atoms with van der Waals surface area (Å²) in [6, 6.07) is 0. The summed E-state index contributed by atoms with van der Waals surface area (Å²) in [6.45, 7) is 11.8. The molecule has 19 heteroatoms. The van der Waals surface area contributed by atoms with Crippen LogP contribution in [0.4, 0.5) is 0 Å². The standard InChI is InChI=1S/C73H142O17P2/c1-8-9-10-37-47-54-70(75)83-60-68(89-73(78)57-50-43-36-30-33-40-46-53-66(6)7)62-87-91(79,80)85-58-67(74)59-86-92(81,82)88-63-69(61-84-71(76)55-48-41-34-28-24-21-17-19-23-27-32-39-45-52-65(4)5)90-72(77)56-49-42-35-29-25-20-16-14-12-11-13-15-18-22-26-31-38-44-51-64(2)3/h64-69,74H,8-63H2,1-7H3,(H,79,80)(H,81,82)/t67-,68+,69+/m0/s1. The minimum atomic E-state index is -4.95. The number of carbonyl (C=O) groups excluding carboxylic acids is 4. The lowest BCUT2D eigenvalue weighted by atomic mass is 10.0. The molecule has 0 aromatic rings. The maximum absolute atomic E-state index is 13.1. The number of phosphoric ester groups is 2. The lowest BCUT2D eigenvalue weighted by Gasteiger charge is -2.21. The molecule has 2 unspecified atom stereocenters. The van der Waals surface area contributed by atoms with Gasteiger partial charge in [-0.3, -0.25) is 37.3 Å². The Morgan fingerprint density at radius 1 is 0.293 bits per heavy atom. The van der Waals surface area contributed by atoms with E-state index < -0.39 is 97.5 Å². The molecular formula is C73H142O17P2. The first kappa shape index (κ1) is 90.1. The average molecular weight is 1350 g/mol. The molecule has 0 saturated heterocycles.